The quantitative estimate of drug-likeness (QED) is 0.261. The summed E-state index contributed by atoms with van der Waals surface area (Å²) in [7, 11) is 1.11. The van der Waals surface area contributed by atoms with Gasteiger partial charge in [-0.15, -0.1) is 11.3 Å². The van der Waals surface area contributed by atoms with E-state index in [1.165, 1.54) is 11.3 Å². The number of esters is 1. The zero-order valence-electron chi connectivity index (χ0n) is 14.5. The van der Waals surface area contributed by atoms with E-state index in [9.17, 15) is 14.4 Å². The summed E-state index contributed by atoms with van der Waals surface area (Å²) in [4.78, 5) is 36.1. The van der Waals surface area contributed by atoms with Crippen molar-refractivity contribution in [3.8, 4) is 21.9 Å². The Kier molecular flexibility index (Phi) is 5.78. The van der Waals surface area contributed by atoms with E-state index >= 15 is 0 Å². The molecule has 0 saturated heterocycles. The number of methoxy groups -OCH3 is 1. The minimum Gasteiger partial charge on any atom is -0.463 e. The monoisotopic (exact) mass is 380 g/mol. The van der Waals surface area contributed by atoms with Crippen molar-refractivity contribution >= 4 is 28.9 Å². The number of carbonyl (C=O) groups is 3. The average molecular weight is 380 g/mol. The molecule has 27 heavy (non-hydrogen) atoms. The molecule has 2 aromatic carbocycles. The van der Waals surface area contributed by atoms with Gasteiger partial charge in [0.2, 0.25) is 5.78 Å². The molecule has 1 heterocycles. The lowest BCUT2D eigenvalue weighted by atomic mass is 10.1. The third-order valence-corrected chi connectivity index (χ3v) is 4.91. The Labute approximate surface area is 160 Å². The van der Waals surface area contributed by atoms with E-state index in [1.807, 2.05) is 60.7 Å². The first-order chi connectivity index (χ1) is 13.1. The number of benzene rings is 2. The van der Waals surface area contributed by atoms with Gasteiger partial charge in [0.15, 0.2) is 5.78 Å². The summed E-state index contributed by atoms with van der Waals surface area (Å²) in [5.41, 5.74) is 0.929. The number of ketones is 2. The molecule has 0 N–H and O–H groups in total. The van der Waals surface area contributed by atoms with Crippen molar-refractivity contribution in [2.45, 2.75) is 6.42 Å². The predicted octanol–water partition coefficient (Wildman–Crippen LogP) is 4.52. The lowest BCUT2D eigenvalue weighted by Gasteiger charge is -2.06. The molecular weight excluding hydrogens is 364 g/mol. The Balaban J connectivity index is 1.68. The molecule has 0 aliphatic heterocycles. The molecule has 0 aliphatic carbocycles. The minimum atomic E-state index is -1.01. The van der Waals surface area contributed by atoms with Crippen LogP contribution in [-0.4, -0.2) is 24.6 Å². The molecule has 1 aromatic heterocycles. The zero-order valence-corrected chi connectivity index (χ0v) is 15.3. The Morgan fingerprint density at radius 1 is 0.852 bits per heavy atom. The van der Waals surface area contributed by atoms with Crippen LogP contribution >= 0.6 is 11.3 Å². The van der Waals surface area contributed by atoms with Gasteiger partial charge in [-0.3, -0.25) is 9.59 Å². The molecule has 0 bridgehead atoms. The first-order valence-electron chi connectivity index (χ1n) is 8.14. The second-order valence-electron chi connectivity index (χ2n) is 5.62. The molecule has 0 amide bonds. The summed E-state index contributed by atoms with van der Waals surface area (Å²) in [6.45, 7) is 0. The molecule has 136 valence electrons. The van der Waals surface area contributed by atoms with Crippen molar-refractivity contribution in [3.63, 3.8) is 0 Å². The lowest BCUT2D eigenvalue weighted by molar-refractivity contribution is -0.151. The van der Waals surface area contributed by atoms with Crippen molar-refractivity contribution in [1.29, 1.82) is 0 Å². The predicted molar refractivity (Wildman–Crippen MR) is 102 cm³/mol. The van der Waals surface area contributed by atoms with Crippen LogP contribution in [0.25, 0.3) is 10.4 Å². The maximum Gasteiger partial charge on any atom is 0.374 e. The molecule has 6 heteroatoms. The third kappa shape index (κ3) is 4.68. The van der Waals surface area contributed by atoms with E-state index in [4.69, 9.17) is 4.74 Å². The first kappa shape index (κ1) is 18.5. The van der Waals surface area contributed by atoms with Crippen LogP contribution in [-0.2, 0) is 14.3 Å². The standard InChI is InChI=1S/C21H16O5S/c1-25-21(24)18(23)13-17(22)20-12-11-19(27-20)14-7-9-16(10-8-14)26-15-5-3-2-4-6-15/h2-12H,13H2,1H3. The first-order valence-corrected chi connectivity index (χ1v) is 8.96. The highest BCUT2D eigenvalue weighted by Gasteiger charge is 2.20. The molecule has 3 rings (SSSR count). The maximum absolute atomic E-state index is 12.1. The van der Waals surface area contributed by atoms with Crippen LogP contribution < -0.4 is 4.74 Å². The molecule has 0 aliphatic rings. The van der Waals surface area contributed by atoms with Gasteiger partial charge in [0.25, 0.3) is 0 Å². The average Bonchev–Trinajstić information content (AvgIpc) is 3.19. The fourth-order valence-electron chi connectivity index (χ4n) is 2.37. The largest absolute Gasteiger partial charge is 0.463 e. The lowest BCUT2D eigenvalue weighted by Crippen LogP contribution is -2.18. The van der Waals surface area contributed by atoms with Crippen LogP contribution in [0.5, 0.6) is 11.5 Å². The number of Topliss-reactive ketones (excluding diaryl/α,β-unsaturated/α-hetero) is 2. The van der Waals surface area contributed by atoms with Crippen molar-refractivity contribution in [2.24, 2.45) is 0 Å². The van der Waals surface area contributed by atoms with Crippen LogP contribution in [0.1, 0.15) is 16.1 Å². The van der Waals surface area contributed by atoms with Crippen molar-refractivity contribution in [2.75, 3.05) is 7.11 Å². The summed E-state index contributed by atoms with van der Waals surface area (Å²) in [6.07, 6.45) is -0.490. The van der Waals surface area contributed by atoms with Crippen LogP contribution in [0.4, 0.5) is 0 Å². The highest BCUT2D eigenvalue weighted by molar-refractivity contribution is 7.17. The van der Waals surface area contributed by atoms with Gasteiger partial charge in [0.05, 0.1) is 18.4 Å². The van der Waals surface area contributed by atoms with Crippen molar-refractivity contribution < 1.29 is 23.9 Å². The molecule has 0 saturated carbocycles. The van der Waals surface area contributed by atoms with E-state index < -0.39 is 24.0 Å². The van der Waals surface area contributed by atoms with Gasteiger partial charge in [-0.1, -0.05) is 18.2 Å². The molecule has 0 unspecified atom stereocenters. The summed E-state index contributed by atoms with van der Waals surface area (Å²) in [6, 6.07) is 20.4. The molecule has 0 atom stereocenters. The number of rotatable bonds is 7. The number of hydrogen-bond donors (Lipinski definition) is 0. The molecule has 0 fully saturated rings. The second kappa shape index (κ2) is 8.42. The van der Waals surface area contributed by atoms with E-state index in [0.717, 1.165) is 23.3 Å². The molecule has 0 spiro atoms. The maximum atomic E-state index is 12.1. The topological polar surface area (TPSA) is 69.7 Å². The number of carbonyl (C=O) groups excluding carboxylic acids is 3. The van der Waals surface area contributed by atoms with Gasteiger partial charge in [-0.2, -0.15) is 0 Å². The minimum absolute atomic E-state index is 0.398. The van der Waals surface area contributed by atoms with Gasteiger partial charge in [-0.25, -0.2) is 4.79 Å². The van der Waals surface area contributed by atoms with Gasteiger partial charge in [0.1, 0.15) is 11.5 Å². The van der Waals surface area contributed by atoms with Crippen LogP contribution in [0, 0.1) is 0 Å². The van der Waals surface area contributed by atoms with Gasteiger partial charge < -0.3 is 9.47 Å². The van der Waals surface area contributed by atoms with Crippen molar-refractivity contribution in [1.82, 2.24) is 0 Å². The van der Waals surface area contributed by atoms with Crippen LogP contribution in [0.15, 0.2) is 66.7 Å². The fourth-order valence-corrected chi connectivity index (χ4v) is 3.32. The van der Waals surface area contributed by atoms with Crippen LogP contribution in [0.2, 0.25) is 0 Å². The Morgan fingerprint density at radius 3 is 2.19 bits per heavy atom. The van der Waals surface area contributed by atoms with Gasteiger partial charge >= 0.3 is 5.97 Å². The van der Waals surface area contributed by atoms with Crippen LogP contribution in [0.3, 0.4) is 0 Å². The highest BCUT2D eigenvalue weighted by Crippen LogP contribution is 2.31. The van der Waals surface area contributed by atoms with E-state index in [0.29, 0.717) is 10.6 Å². The molecule has 5 nitrogen and oxygen atoms in total. The SMILES string of the molecule is COC(=O)C(=O)CC(=O)c1ccc(-c2ccc(Oc3ccccc3)cc2)s1. The zero-order chi connectivity index (χ0) is 19.2. The van der Waals surface area contributed by atoms with Crippen molar-refractivity contribution in [3.05, 3.63) is 71.6 Å². The summed E-state index contributed by atoms with van der Waals surface area (Å²) < 4.78 is 10.1. The Hall–Kier alpha value is -3.25. The Morgan fingerprint density at radius 2 is 1.52 bits per heavy atom. The van der Waals surface area contributed by atoms with E-state index in [1.54, 1.807) is 6.07 Å². The van der Waals surface area contributed by atoms with E-state index in [2.05, 4.69) is 4.74 Å². The van der Waals surface area contributed by atoms with Gasteiger partial charge in [-0.05, 0) is 54.1 Å². The second-order valence-corrected chi connectivity index (χ2v) is 6.70. The number of ether oxygens (including phenoxy) is 2. The number of hydrogen-bond acceptors (Lipinski definition) is 6. The Bertz CT molecular complexity index is 958. The third-order valence-electron chi connectivity index (χ3n) is 3.73. The smallest absolute Gasteiger partial charge is 0.374 e. The molecule has 0 radical (unpaired) electrons. The number of para-hydroxylation sites is 1. The summed E-state index contributed by atoms with van der Waals surface area (Å²) >= 11 is 1.27. The number of thiophene rings is 1. The van der Waals surface area contributed by atoms with Gasteiger partial charge in [0, 0.05) is 4.88 Å². The summed E-state index contributed by atoms with van der Waals surface area (Å²) in [5, 5.41) is 0. The fraction of sp³-hybridized carbons (Fsp3) is 0.0952. The molecule has 3 aromatic rings. The normalized spacial score (nSPS) is 10.3. The molecular formula is C21H16O5S. The summed E-state index contributed by atoms with van der Waals surface area (Å²) in [5.74, 6) is -0.786. The highest BCUT2D eigenvalue weighted by atomic mass is 32.1. The van der Waals surface area contributed by atoms with E-state index in [-0.39, 0.29) is 0 Å².